The first kappa shape index (κ1) is 21.5. The van der Waals surface area contributed by atoms with E-state index in [-0.39, 0.29) is 16.4 Å². The maximum atomic E-state index is 12.9. The molecule has 0 radical (unpaired) electrons. The van der Waals surface area contributed by atoms with Crippen molar-refractivity contribution in [2.24, 2.45) is 11.3 Å². The number of anilines is 1. The van der Waals surface area contributed by atoms with Crippen molar-refractivity contribution in [2.75, 3.05) is 5.32 Å². The first-order valence-corrected chi connectivity index (χ1v) is 11.6. The van der Waals surface area contributed by atoms with Crippen LogP contribution in [0, 0.1) is 22.7 Å². The zero-order valence-corrected chi connectivity index (χ0v) is 19.5. The summed E-state index contributed by atoms with van der Waals surface area (Å²) in [7, 11) is 0. The van der Waals surface area contributed by atoms with E-state index in [1.807, 2.05) is 36.4 Å². The lowest BCUT2D eigenvalue weighted by Gasteiger charge is -2.33. The molecule has 1 aromatic heterocycles. The monoisotopic (exact) mass is 447 g/mol. The molecule has 3 aromatic rings. The topological polar surface area (TPSA) is 64.9 Å². The van der Waals surface area contributed by atoms with Crippen LogP contribution in [0.3, 0.4) is 0 Å². The zero-order valence-electron chi connectivity index (χ0n) is 17.9. The Kier molecular flexibility index (Phi) is 5.83. The molecule has 0 saturated heterocycles. The van der Waals surface area contributed by atoms with Crippen molar-refractivity contribution in [1.29, 1.82) is 5.26 Å². The second-order valence-corrected chi connectivity index (χ2v) is 10.6. The van der Waals surface area contributed by atoms with E-state index in [9.17, 15) is 10.1 Å². The number of amides is 1. The third kappa shape index (κ3) is 4.34. The van der Waals surface area contributed by atoms with Crippen LogP contribution in [0.15, 0.2) is 42.5 Å². The predicted octanol–water partition coefficient (Wildman–Crippen LogP) is 6.05. The molecule has 2 aromatic carbocycles. The number of thiophene rings is 1. The highest BCUT2D eigenvalue weighted by Crippen LogP contribution is 2.43. The van der Waals surface area contributed by atoms with Gasteiger partial charge in [0.15, 0.2) is 5.11 Å². The normalized spacial score (nSPS) is 15.7. The van der Waals surface area contributed by atoms with Crippen LogP contribution in [0.5, 0.6) is 0 Å². The molecule has 0 saturated carbocycles. The minimum Gasteiger partial charge on any atom is -0.323 e. The number of hydrogen-bond acceptors (Lipinski definition) is 4. The van der Waals surface area contributed by atoms with Crippen LogP contribution in [0.4, 0.5) is 5.00 Å². The largest absolute Gasteiger partial charge is 0.323 e. The third-order valence-corrected chi connectivity index (χ3v) is 7.46. The molecule has 0 aliphatic heterocycles. The minimum atomic E-state index is -0.262. The van der Waals surface area contributed by atoms with Gasteiger partial charge in [-0.1, -0.05) is 57.2 Å². The highest BCUT2D eigenvalue weighted by molar-refractivity contribution is 7.80. The molecule has 4 nitrogen and oxygen atoms in total. The van der Waals surface area contributed by atoms with Crippen LogP contribution in [-0.4, -0.2) is 11.0 Å². The van der Waals surface area contributed by atoms with Crippen LogP contribution in [-0.2, 0) is 12.8 Å². The van der Waals surface area contributed by atoms with Crippen molar-refractivity contribution in [3.05, 3.63) is 64.0 Å². The SMILES string of the molecule is CC(C)(C)[C@@H]1CCc2c(sc(NC(=S)NC(=O)c3cccc4ccccc34)c2C#N)C1. The second-order valence-electron chi connectivity index (χ2n) is 9.06. The molecule has 1 amide bonds. The van der Waals surface area contributed by atoms with Gasteiger partial charge >= 0.3 is 0 Å². The first-order valence-electron chi connectivity index (χ1n) is 10.4. The van der Waals surface area contributed by atoms with Gasteiger partial charge < -0.3 is 5.32 Å². The Labute approximate surface area is 192 Å². The molecular formula is C25H25N3OS2. The number of benzene rings is 2. The van der Waals surface area contributed by atoms with Gasteiger partial charge in [0, 0.05) is 10.4 Å². The number of carbonyl (C=O) groups excluding carboxylic acids is 1. The van der Waals surface area contributed by atoms with E-state index < -0.39 is 0 Å². The smallest absolute Gasteiger partial charge is 0.258 e. The maximum Gasteiger partial charge on any atom is 0.258 e. The standard InChI is InChI=1S/C25H25N3OS2/c1-25(2,3)16-11-12-18-20(14-26)23(31-21(18)13-16)28-24(30)27-22(29)19-10-6-8-15-7-4-5-9-17(15)19/h4-10,16H,11-13H2,1-3H3,(H2,27,28,29,30)/t16-/m1/s1. The van der Waals surface area contributed by atoms with Gasteiger partial charge in [0.1, 0.15) is 11.1 Å². The Bertz CT molecular complexity index is 1210. The average Bonchev–Trinajstić information content (AvgIpc) is 3.08. The molecule has 31 heavy (non-hydrogen) atoms. The van der Waals surface area contributed by atoms with E-state index in [4.69, 9.17) is 12.2 Å². The number of fused-ring (bicyclic) bond motifs is 2. The Morgan fingerprint density at radius 3 is 2.68 bits per heavy atom. The number of nitrogens with zero attached hydrogens (tertiary/aromatic N) is 1. The van der Waals surface area contributed by atoms with Crippen molar-refractivity contribution < 1.29 is 4.79 Å². The molecule has 1 atom stereocenters. The molecule has 2 N–H and O–H groups in total. The fraction of sp³-hybridized carbons (Fsp3) is 0.320. The van der Waals surface area contributed by atoms with E-state index in [1.165, 1.54) is 4.88 Å². The molecule has 158 valence electrons. The fourth-order valence-corrected chi connectivity index (χ4v) is 5.80. The number of nitrogens with one attached hydrogen (secondary N) is 2. The van der Waals surface area contributed by atoms with Crippen molar-refractivity contribution in [2.45, 2.75) is 40.0 Å². The molecule has 0 bridgehead atoms. The van der Waals surface area contributed by atoms with Gasteiger partial charge in [-0.05, 0) is 65.2 Å². The highest BCUT2D eigenvalue weighted by atomic mass is 32.1. The zero-order chi connectivity index (χ0) is 22.2. The van der Waals surface area contributed by atoms with Crippen LogP contribution in [0.25, 0.3) is 10.8 Å². The quantitative estimate of drug-likeness (QED) is 0.469. The van der Waals surface area contributed by atoms with Crippen LogP contribution >= 0.6 is 23.6 Å². The summed E-state index contributed by atoms with van der Waals surface area (Å²) in [4.78, 5) is 14.1. The van der Waals surface area contributed by atoms with Crippen molar-refractivity contribution in [3.63, 3.8) is 0 Å². The number of hydrogen-bond donors (Lipinski definition) is 2. The predicted molar refractivity (Wildman–Crippen MR) is 132 cm³/mol. The molecule has 1 heterocycles. The summed E-state index contributed by atoms with van der Waals surface area (Å²) >= 11 is 7.01. The molecule has 4 rings (SSSR count). The van der Waals surface area contributed by atoms with Crippen LogP contribution < -0.4 is 10.6 Å². The van der Waals surface area contributed by atoms with Crippen LogP contribution in [0.2, 0.25) is 0 Å². The summed E-state index contributed by atoms with van der Waals surface area (Å²) in [6.07, 6.45) is 2.98. The summed E-state index contributed by atoms with van der Waals surface area (Å²) < 4.78 is 0. The first-order chi connectivity index (χ1) is 14.8. The van der Waals surface area contributed by atoms with Gasteiger partial charge in [-0.15, -0.1) is 11.3 Å². The number of thiocarbonyl (C=S) groups is 1. The lowest BCUT2D eigenvalue weighted by molar-refractivity contribution is 0.0979. The summed E-state index contributed by atoms with van der Waals surface area (Å²) in [6.45, 7) is 6.83. The summed E-state index contributed by atoms with van der Waals surface area (Å²) in [5.41, 5.74) is 2.61. The van der Waals surface area contributed by atoms with Gasteiger partial charge in [-0.3, -0.25) is 10.1 Å². The van der Waals surface area contributed by atoms with Crippen molar-refractivity contribution in [1.82, 2.24) is 5.32 Å². The van der Waals surface area contributed by atoms with E-state index in [0.29, 0.717) is 17.0 Å². The van der Waals surface area contributed by atoms with E-state index in [2.05, 4.69) is 37.5 Å². The molecule has 0 spiro atoms. The minimum absolute atomic E-state index is 0.209. The molecular weight excluding hydrogens is 422 g/mol. The van der Waals surface area contributed by atoms with Gasteiger partial charge in [0.25, 0.3) is 5.91 Å². The highest BCUT2D eigenvalue weighted by Gasteiger charge is 2.32. The number of carbonyl (C=O) groups is 1. The maximum absolute atomic E-state index is 12.9. The van der Waals surface area contributed by atoms with Gasteiger partial charge in [-0.2, -0.15) is 5.26 Å². The lowest BCUT2D eigenvalue weighted by atomic mass is 9.72. The fourth-order valence-electron chi connectivity index (χ4n) is 4.26. The summed E-state index contributed by atoms with van der Waals surface area (Å²) in [5.74, 6) is 0.331. The van der Waals surface area contributed by atoms with Gasteiger partial charge in [-0.25, -0.2) is 0 Å². The summed E-state index contributed by atoms with van der Waals surface area (Å²) in [6, 6.07) is 15.7. The van der Waals surface area contributed by atoms with E-state index in [0.717, 1.165) is 40.6 Å². The second kappa shape index (κ2) is 8.41. The number of rotatable bonds is 2. The molecule has 1 aliphatic carbocycles. The van der Waals surface area contributed by atoms with Crippen molar-refractivity contribution >= 4 is 50.3 Å². The Morgan fingerprint density at radius 2 is 1.94 bits per heavy atom. The van der Waals surface area contributed by atoms with Gasteiger partial charge in [0.05, 0.1) is 5.56 Å². The van der Waals surface area contributed by atoms with E-state index >= 15 is 0 Å². The molecule has 1 aliphatic rings. The Morgan fingerprint density at radius 1 is 1.19 bits per heavy atom. The Balaban J connectivity index is 1.52. The van der Waals surface area contributed by atoms with E-state index in [1.54, 1.807) is 17.4 Å². The summed E-state index contributed by atoms with van der Waals surface area (Å²) in [5, 5.41) is 18.5. The average molecular weight is 448 g/mol. The van der Waals surface area contributed by atoms with Gasteiger partial charge in [0.2, 0.25) is 0 Å². The Hall–Kier alpha value is -2.75. The molecule has 6 heteroatoms. The third-order valence-electron chi connectivity index (χ3n) is 6.09. The van der Waals surface area contributed by atoms with Crippen LogP contribution in [0.1, 0.15) is 53.6 Å². The molecule has 0 fully saturated rings. The molecule has 0 unspecified atom stereocenters. The number of nitriles is 1. The van der Waals surface area contributed by atoms with Crippen molar-refractivity contribution in [3.8, 4) is 6.07 Å². The lowest BCUT2D eigenvalue weighted by Crippen LogP contribution is -2.34.